The van der Waals surface area contributed by atoms with Gasteiger partial charge >= 0.3 is 17.9 Å². The largest absolute Gasteiger partial charge is 0.480 e. The molecule has 0 aromatic heterocycles. The smallest absolute Gasteiger partial charge is 0.317 e. The van der Waals surface area contributed by atoms with Crippen LogP contribution < -0.4 is 0 Å². The Balaban J connectivity index is -0.000000240. The van der Waals surface area contributed by atoms with E-state index in [0.29, 0.717) is 0 Å². The van der Waals surface area contributed by atoms with Gasteiger partial charge in [-0.25, -0.2) is 0 Å². The van der Waals surface area contributed by atoms with E-state index < -0.39 is 37.5 Å². The molecule has 1 radical (unpaired) electrons. The first-order chi connectivity index (χ1) is 5.91. The van der Waals surface area contributed by atoms with Crippen molar-refractivity contribution in [1.29, 1.82) is 0 Å². The number of hydrogen-bond donors (Lipinski definition) is 3. The van der Waals surface area contributed by atoms with Crippen LogP contribution in [0.5, 0.6) is 0 Å². The number of carboxylic acids is 3. The Hall–Kier alpha value is -1.19. The van der Waals surface area contributed by atoms with Crippen molar-refractivity contribution in [3.63, 3.8) is 0 Å². The van der Waals surface area contributed by atoms with Crippen molar-refractivity contribution in [2.75, 3.05) is 19.6 Å². The Labute approximate surface area is 101 Å². The summed E-state index contributed by atoms with van der Waals surface area (Å²) in [6, 6.07) is 0. The molecule has 0 unspecified atom stereocenters. The van der Waals surface area contributed by atoms with E-state index in [-0.39, 0.29) is 28.0 Å². The molecule has 0 bridgehead atoms. The Bertz CT molecular complexity index is 195. The summed E-state index contributed by atoms with van der Waals surface area (Å²) in [5, 5.41) is 24.8. The number of carbonyl (C=O) groups is 3. The van der Waals surface area contributed by atoms with Crippen LogP contribution in [0.4, 0.5) is 0 Å². The van der Waals surface area contributed by atoms with Gasteiger partial charge in [0.1, 0.15) is 0 Å². The fourth-order valence-electron chi connectivity index (χ4n) is 0.742. The molecule has 0 atom stereocenters. The molecule has 9 nitrogen and oxygen atoms in total. The number of nitrogens with zero attached hydrogens (tertiary/aromatic N) is 1. The van der Waals surface area contributed by atoms with Gasteiger partial charge in [0, 0.05) is 17.1 Å². The van der Waals surface area contributed by atoms with Gasteiger partial charge in [0.2, 0.25) is 0 Å². The van der Waals surface area contributed by atoms with Crippen molar-refractivity contribution in [2.24, 2.45) is 0 Å². The van der Waals surface area contributed by atoms with Crippen molar-refractivity contribution in [3.05, 3.63) is 0 Å². The molecule has 10 heteroatoms. The van der Waals surface area contributed by atoms with Gasteiger partial charge in [-0.2, -0.15) is 0 Å². The first-order valence-corrected chi connectivity index (χ1v) is 3.29. The predicted molar refractivity (Wildman–Crippen MR) is 46.6 cm³/mol. The minimum absolute atomic E-state index is 0. The van der Waals surface area contributed by atoms with Crippen molar-refractivity contribution < 1.29 is 57.7 Å². The van der Waals surface area contributed by atoms with Gasteiger partial charge in [-0.3, -0.25) is 19.3 Å². The molecule has 0 amide bonds. The molecule has 0 saturated carbocycles. The average molecular weight is 282 g/mol. The van der Waals surface area contributed by atoms with E-state index in [4.69, 9.17) is 15.3 Å². The van der Waals surface area contributed by atoms with Crippen LogP contribution in [0, 0.1) is 0 Å². The molecule has 0 rings (SSSR count). The van der Waals surface area contributed by atoms with Gasteiger partial charge in [-0.05, 0) is 0 Å². The maximum absolute atomic E-state index is 10.1. The zero-order valence-corrected chi connectivity index (χ0v) is 9.19. The van der Waals surface area contributed by atoms with Crippen LogP contribution in [0.3, 0.4) is 0 Å². The fraction of sp³-hybridized carbons (Fsp3) is 0.500. The van der Waals surface area contributed by atoms with Crippen LogP contribution >= 0.6 is 0 Å². The molecule has 0 aliphatic heterocycles. The first-order valence-electron chi connectivity index (χ1n) is 3.29. The Morgan fingerprint density at radius 3 is 1.06 bits per heavy atom. The van der Waals surface area contributed by atoms with Crippen LogP contribution in [-0.4, -0.2) is 68.7 Å². The van der Waals surface area contributed by atoms with Crippen molar-refractivity contribution in [1.82, 2.24) is 4.90 Å². The van der Waals surface area contributed by atoms with Crippen molar-refractivity contribution in [2.45, 2.75) is 0 Å². The summed E-state index contributed by atoms with van der Waals surface area (Å²) >= 11 is 0. The van der Waals surface area contributed by atoms with E-state index in [1.54, 1.807) is 0 Å². The Kier molecular flexibility index (Phi) is 17.9. The molecule has 0 aliphatic carbocycles. The molecule has 16 heavy (non-hydrogen) atoms. The van der Waals surface area contributed by atoms with Crippen LogP contribution in [0.2, 0.25) is 0 Å². The van der Waals surface area contributed by atoms with Crippen LogP contribution in [-0.2, 0) is 31.5 Å². The zero-order chi connectivity index (χ0) is 10.4. The average Bonchev–Trinajstić information content (AvgIpc) is 1.80. The maximum Gasteiger partial charge on any atom is 0.317 e. The van der Waals surface area contributed by atoms with Crippen LogP contribution in [0.1, 0.15) is 0 Å². The standard InChI is InChI=1S/C6H9NO6.Mn.2H2O/c8-4(9)1-7(2-5(10)11)3-6(12)13;;;/h1-3H2,(H,8,9)(H,10,11)(H,12,13);;2*1H2. The molecule has 0 aromatic carbocycles. The second-order valence-corrected chi connectivity index (χ2v) is 2.33. The summed E-state index contributed by atoms with van der Waals surface area (Å²) < 4.78 is 0. The van der Waals surface area contributed by atoms with Gasteiger partial charge < -0.3 is 26.3 Å². The summed E-state index contributed by atoms with van der Waals surface area (Å²) in [6.07, 6.45) is 0. The van der Waals surface area contributed by atoms with E-state index in [0.717, 1.165) is 4.90 Å². The summed E-state index contributed by atoms with van der Waals surface area (Å²) in [4.78, 5) is 31.2. The van der Waals surface area contributed by atoms with E-state index in [9.17, 15) is 14.4 Å². The van der Waals surface area contributed by atoms with E-state index >= 15 is 0 Å². The van der Waals surface area contributed by atoms with E-state index in [1.165, 1.54) is 0 Å². The number of hydrogen-bond acceptors (Lipinski definition) is 4. The van der Waals surface area contributed by atoms with Crippen molar-refractivity contribution >= 4 is 17.9 Å². The Morgan fingerprint density at radius 1 is 0.750 bits per heavy atom. The molecule has 0 fully saturated rings. The third kappa shape index (κ3) is 15.3. The minimum Gasteiger partial charge on any atom is -0.480 e. The Morgan fingerprint density at radius 2 is 0.938 bits per heavy atom. The number of rotatable bonds is 6. The van der Waals surface area contributed by atoms with Gasteiger partial charge in [0.25, 0.3) is 0 Å². The van der Waals surface area contributed by atoms with Crippen LogP contribution in [0.25, 0.3) is 0 Å². The second kappa shape index (κ2) is 11.9. The van der Waals surface area contributed by atoms with Gasteiger partial charge in [0.15, 0.2) is 0 Å². The number of aliphatic carboxylic acids is 3. The fourth-order valence-corrected chi connectivity index (χ4v) is 0.742. The monoisotopic (exact) mass is 282 g/mol. The second-order valence-electron chi connectivity index (χ2n) is 2.33. The summed E-state index contributed by atoms with van der Waals surface area (Å²) in [5.41, 5.74) is 0. The zero-order valence-electron chi connectivity index (χ0n) is 8.01. The number of carboxylic acid groups (broad SMARTS) is 3. The molecule has 97 valence electrons. The molecule has 0 aliphatic rings. The SMILES string of the molecule is O.O.O=C(O)CN(CC(=O)O)CC(=O)O.[Mn]. The maximum atomic E-state index is 10.1. The third-order valence-electron chi connectivity index (χ3n) is 1.08. The molecule has 0 spiro atoms. The molecule has 0 aromatic rings. The molecule has 0 heterocycles. The molecule has 7 N–H and O–H groups in total. The first kappa shape index (κ1) is 24.2. The quantitative estimate of drug-likeness (QED) is 0.431. The van der Waals surface area contributed by atoms with Crippen molar-refractivity contribution in [3.8, 4) is 0 Å². The third-order valence-corrected chi connectivity index (χ3v) is 1.08. The molecular weight excluding hydrogens is 269 g/mol. The van der Waals surface area contributed by atoms with E-state index in [1.807, 2.05) is 0 Å². The molecular formula is C6H13MnNO8. The van der Waals surface area contributed by atoms with Gasteiger partial charge in [-0.15, -0.1) is 0 Å². The van der Waals surface area contributed by atoms with E-state index in [2.05, 4.69) is 0 Å². The molecule has 0 saturated heterocycles. The topological polar surface area (TPSA) is 178 Å². The minimum atomic E-state index is -1.26. The van der Waals surface area contributed by atoms with Gasteiger partial charge in [-0.1, -0.05) is 0 Å². The van der Waals surface area contributed by atoms with Crippen LogP contribution in [0.15, 0.2) is 0 Å². The predicted octanol–water partition coefficient (Wildman–Crippen LogP) is -3.11. The summed E-state index contributed by atoms with van der Waals surface area (Å²) in [5.74, 6) is -3.78. The summed E-state index contributed by atoms with van der Waals surface area (Å²) in [7, 11) is 0. The van der Waals surface area contributed by atoms with Gasteiger partial charge in [0.05, 0.1) is 19.6 Å². The normalized spacial score (nSPS) is 8.06. The summed E-state index contributed by atoms with van der Waals surface area (Å²) in [6.45, 7) is -1.80.